The van der Waals surface area contributed by atoms with Gasteiger partial charge in [-0.2, -0.15) is 5.10 Å². The van der Waals surface area contributed by atoms with Gasteiger partial charge >= 0.3 is 0 Å². The normalized spacial score (nSPS) is 10.4. The zero-order chi connectivity index (χ0) is 12.5. The van der Waals surface area contributed by atoms with Crippen LogP contribution in [-0.4, -0.2) is 17.9 Å². The number of rotatable bonds is 6. The number of ether oxygens (including phenoxy) is 1. The van der Waals surface area contributed by atoms with Gasteiger partial charge in [-0.05, 0) is 30.8 Å². The first-order valence-corrected chi connectivity index (χ1v) is 5.95. The van der Waals surface area contributed by atoms with Gasteiger partial charge in [-0.3, -0.25) is 5.43 Å². The van der Waals surface area contributed by atoms with Crippen molar-refractivity contribution in [3.05, 3.63) is 29.8 Å². The Morgan fingerprint density at radius 2 is 2.29 bits per heavy atom. The molecule has 92 valence electrons. The highest BCUT2D eigenvalue weighted by Crippen LogP contribution is 2.16. The standard InChI is InChI=1S/C12H17N3OS/c1-2-3-8-16-11-7-5-4-6-10(11)9-14-15-12(13)17/h4-7,9H,2-3,8H2,1H3,(H3,13,15,17)/b14-9-. The molecule has 0 bridgehead atoms. The number of nitrogens with one attached hydrogen (secondary N) is 1. The summed E-state index contributed by atoms with van der Waals surface area (Å²) in [4.78, 5) is 0. The first-order valence-electron chi connectivity index (χ1n) is 5.54. The second-order valence-electron chi connectivity index (χ2n) is 3.47. The van der Waals surface area contributed by atoms with E-state index in [1.807, 2.05) is 24.3 Å². The number of thiocarbonyl (C=S) groups is 1. The van der Waals surface area contributed by atoms with Gasteiger partial charge in [0, 0.05) is 5.56 Å². The Hall–Kier alpha value is -1.62. The molecule has 1 rings (SSSR count). The minimum absolute atomic E-state index is 0.144. The number of benzene rings is 1. The minimum Gasteiger partial charge on any atom is -0.493 e. The molecule has 0 radical (unpaired) electrons. The van der Waals surface area contributed by atoms with Crippen LogP contribution in [0.5, 0.6) is 5.75 Å². The Morgan fingerprint density at radius 3 is 3.00 bits per heavy atom. The molecule has 0 aliphatic rings. The maximum atomic E-state index is 5.65. The number of hydrazone groups is 1. The number of unbranched alkanes of at least 4 members (excludes halogenated alkanes) is 1. The van der Waals surface area contributed by atoms with Crippen molar-refractivity contribution >= 4 is 23.5 Å². The highest BCUT2D eigenvalue weighted by atomic mass is 32.1. The molecule has 17 heavy (non-hydrogen) atoms. The fourth-order valence-electron chi connectivity index (χ4n) is 1.21. The summed E-state index contributed by atoms with van der Waals surface area (Å²) in [5.74, 6) is 0.814. The van der Waals surface area contributed by atoms with Gasteiger partial charge in [-0.15, -0.1) is 0 Å². The Bertz CT molecular complexity index is 393. The Balaban J connectivity index is 2.63. The molecule has 0 fully saturated rings. The number of nitrogens with zero attached hydrogens (tertiary/aromatic N) is 1. The second-order valence-corrected chi connectivity index (χ2v) is 3.91. The maximum Gasteiger partial charge on any atom is 0.184 e. The highest BCUT2D eigenvalue weighted by Gasteiger charge is 1.99. The summed E-state index contributed by atoms with van der Waals surface area (Å²) in [6.45, 7) is 2.84. The van der Waals surface area contributed by atoms with Crippen LogP contribution in [0.3, 0.4) is 0 Å². The van der Waals surface area contributed by atoms with Crippen LogP contribution in [0.1, 0.15) is 25.3 Å². The van der Waals surface area contributed by atoms with Crippen molar-refractivity contribution in [1.29, 1.82) is 0 Å². The molecule has 0 aliphatic heterocycles. The van der Waals surface area contributed by atoms with E-state index in [0.29, 0.717) is 6.61 Å². The van der Waals surface area contributed by atoms with Crippen molar-refractivity contribution in [3.63, 3.8) is 0 Å². The number of nitrogens with two attached hydrogens (primary N) is 1. The van der Waals surface area contributed by atoms with Gasteiger partial charge in [0.1, 0.15) is 5.75 Å². The van der Waals surface area contributed by atoms with Crippen LogP contribution in [0.2, 0.25) is 0 Å². The predicted molar refractivity (Wildman–Crippen MR) is 74.4 cm³/mol. The molecule has 0 saturated carbocycles. The molecule has 5 heteroatoms. The molecule has 0 saturated heterocycles. The molecule has 1 aromatic rings. The second kappa shape index (κ2) is 7.62. The fourth-order valence-corrected chi connectivity index (χ4v) is 1.26. The highest BCUT2D eigenvalue weighted by molar-refractivity contribution is 7.80. The van der Waals surface area contributed by atoms with Crippen LogP contribution in [0.4, 0.5) is 0 Å². The molecule has 0 spiro atoms. The van der Waals surface area contributed by atoms with E-state index in [1.54, 1.807) is 6.21 Å². The number of para-hydroxylation sites is 1. The largest absolute Gasteiger partial charge is 0.493 e. The van der Waals surface area contributed by atoms with Crippen LogP contribution in [0.15, 0.2) is 29.4 Å². The van der Waals surface area contributed by atoms with E-state index >= 15 is 0 Å². The van der Waals surface area contributed by atoms with E-state index < -0.39 is 0 Å². The van der Waals surface area contributed by atoms with E-state index in [0.717, 1.165) is 24.2 Å². The van der Waals surface area contributed by atoms with Crippen molar-refractivity contribution in [1.82, 2.24) is 5.43 Å². The van der Waals surface area contributed by atoms with E-state index in [4.69, 9.17) is 10.5 Å². The minimum atomic E-state index is 0.144. The molecule has 1 aromatic carbocycles. The fraction of sp³-hybridized carbons (Fsp3) is 0.333. The van der Waals surface area contributed by atoms with Gasteiger partial charge in [0.05, 0.1) is 12.8 Å². The monoisotopic (exact) mass is 251 g/mol. The van der Waals surface area contributed by atoms with Gasteiger partial charge in [0.2, 0.25) is 0 Å². The lowest BCUT2D eigenvalue weighted by Crippen LogP contribution is -2.24. The summed E-state index contributed by atoms with van der Waals surface area (Å²) in [6, 6.07) is 7.69. The molecule has 0 heterocycles. The van der Waals surface area contributed by atoms with Gasteiger partial charge in [-0.1, -0.05) is 25.5 Å². The number of hydrogen-bond acceptors (Lipinski definition) is 3. The van der Waals surface area contributed by atoms with Crippen LogP contribution < -0.4 is 15.9 Å². The van der Waals surface area contributed by atoms with Crippen molar-refractivity contribution < 1.29 is 4.74 Å². The van der Waals surface area contributed by atoms with Gasteiger partial charge in [0.25, 0.3) is 0 Å². The third-order valence-corrected chi connectivity index (χ3v) is 2.14. The smallest absolute Gasteiger partial charge is 0.184 e. The topological polar surface area (TPSA) is 59.6 Å². The van der Waals surface area contributed by atoms with E-state index in [9.17, 15) is 0 Å². The first kappa shape index (κ1) is 13.4. The lowest BCUT2D eigenvalue weighted by molar-refractivity contribution is 0.309. The zero-order valence-corrected chi connectivity index (χ0v) is 10.7. The summed E-state index contributed by atoms with van der Waals surface area (Å²) < 4.78 is 5.65. The lowest BCUT2D eigenvalue weighted by atomic mass is 10.2. The predicted octanol–water partition coefficient (Wildman–Crippen LogP) is 2.03. The van der Waals surface area contributed by atoms with Crippen LogP contribution in [0.25, 0.3) is 0 Å². The van der Waals surface area contributed by atoms with Gasteiger partial charge in [0.15, 0.2) is 5.11 Å². The summed E-state index contributed by atoms with van der Waals surface area (Å²) in [7, 11) is 0. The molecule has 0 aromatic heterocycles. The van der Waals surface area contributed by atoms with Gasteiger partial charge < -0.3 is 10.5 Å². The Morgan fingerprint density at radius 1 is 1.53 bits per heavy atom. The quantitative estimate of drug-likeness (QED) is 0.351. The average Bonchev–Trinajstić information content (AvgIpc) is 2.31. The van der Waals surface area contributed by atoms with Crippen molar-refractivity contribution in [2.24, 2.45) is 10.8 Å². The Kier molecular flexibility index (Phi) is 6.03. The van der Waals surface area contributed by atoms with Crippen molar-refractivity contribution in [2.75, 3.05) is 6.61 Å². The lowest BCUT2D eigenvalue weighted by Gasteiger charge is -2.07. The van der Waals surface area contributed by atoms with Gasteiger partial charge in [-0.25, -0.2) is 0 Å². The van der Waals surface area contributed by atoms with Crippen molar-refractivity contribution in [3.8, 4) is 5.75 Å². The SMILES string of the molecule is CCCCOc1ccccc1/C=N\NC(N)=S. The summed E-state index contributed by atoms with van der Waals surface area (Å²) in [5, 5.41) is 4.05. The first-order chi connectivity index (χ1) is 8.24. The molecule has 0 unspecified atom stereocenters. The summed E-state index contributed by atoms with van der Waals surface area (Å²) in [6.07, 6.45) is 3.79. The summed E-state index contributed by atoms with van der Waals surface area (Å²) >= 11 is 4.65. The third kappa shape index (κ3) is 5.31. The van der Waals surface area contributed by atoms with E-state index in [2.05, 4.69) is 29.7 Å². The van der Waals surface area contributed by atoms with Crippen molar-refractivity contribution in [2.45, 2.75) is 19.8 Å². The molecular weight excluding hydrogens is 234 g/mol. The van der Waals surface area contributed by atoms with E-state index in [1.165, 1.54) is 0 Å². The van der Waals surface area contributed by atoms with E-state index in [-0.39, 0.29) is 5.11 Å². The van der Waals surface area contributed by atoms with Crippen LogP contribution in [-0.2, 0) is 0 Å². The third-order valence-electron chi connectivity index (χ3n) is 2.05. The molecule has 0 aliphatic carbocycles. The number of hydrogen-bond donors (Lipinski definition) is 2. The molecule has 0 amide bonds. The molecule has 0 atom stereocenters. The Labute approximate surface area is 107 Å². The zero-order valence-electron chi connectivity index (χ0n) is 9.85. The molecule has 3 N–H and O–H groups in total. The molecule has 4 nitrogen and oxygen atoms in total. The molecular formula is C12H17N3OS. The maximum absolute atomic E-state index is 5.65. The summed E-state index contributed by atoms with van der Waals surface area (Å²) in [5.41, 5.74) is 8.68. The average molecular weight is 251 g/mol. The van der Waals surface area contributed by atoms with Crippen LogP contribution >= 0.6 is 12.2 Å². The van der Waals surface area contributed by atoms with Crippen LogP contribution in [0, 0.1) is 0 Å².